The van der Waals surface area contributed by atoms with Crippen LogP contribution in [0.3, 0.4) is 0 Å². The first-order chi connectivity index (χ1) is 10.2. The number of thiocarbonyl (C=S) groups is 1. The van der Waals surface area contributed by atoms with Crippen LogP contribution in [0.25, 0.3) is 17.4 Å². The Hall–Kier alpha value is -1.85. The molecule has 1 aliphatic rings. The molecule has 3 rings (SSSR count). The minimum absolute atomic E-state index is 0.0508. The summed E-state index contributed by atoms with van der Waals surface area (Å²) in [5.74, 6) is 1.39. The number of hydrogen-bond donors (Lipinski definition) is 0. The van der Waals surface area contributed by atoms with Gasteiger partial charge in [0.15, 0.2) is 0 Å². The molecule has 0 atom stereocenters. The highest BCUT2D eigenvalue weighted by Gasteiger charge is 2.30. The van der Waals surface area contributed by atoms with Gasteiger partial charge in [0.05, 0.1) is 4.91 Å². The fraction of sp³-hybridized carbons (Fsp3) is 0.125. The monoisotopic (exact) mass is 315 g/mol. The van der Waals surface area contributed by atoms with Crippen LogP contribution in [0.5, 0.6) is 0 Å². The van der Waals surface area contributed by atoms with E-state index in [0.29, 0.717) is 21.5 Å². The summed E-state index contributed by atoms with van der Waals surface area (Å²) < 4.78 is 6.38. The second-order valence-electron chi connectivity index (χ2n) is 4.49. The van der Waals surface area contributed by atoms with E-state index in [9.17, 15) is 4.79 Å². The van der Waals surface area contributed by atoms with Crippen LogP contribution in [0.15, 0.2) is 51.8 Å². The Kier molecular flexibility index (Phi) is 3.94. The normalized spacial score (nSPS) is 17.0. The van der Waals surface area contributed by atoms with Crippen LogP contribution in [0, 0.1) is 0 Å². The topological polar surface area (TPSA) is 33.5 Å². The van der Waals surface area contributed by atoms with E-state index in [1.807, 2.05) is 49.4 Å². The fourth-order valence-electron chi connectivity index (χ4n) is 2.09. The number of thioether (sulfide) groups is 1. The van der Waals surface area contributed by atoms with Crippen molar-refractivity contribution in [2.45, 2.75) is 6.92 Å². The van der Waals surface area contributed by atoms with E-state index >= 15 is 0 Å². The molecule has 0 unspecified atom stereocenters. The van der Waals surface area contributed by atoms with Crippen molar-refractivity contribution in [3.8, 4) is 11.3 Å². The molecule has 0 N–H and O–H groups in total. The van der Waals surface area contributed by atoms with Crippen molar-refractivity contribution in [1.82, 2.24) is 4.90 Å². The minimum Gasteiger partial charge on any atom is -0.457 e. The molecule has 0 aliphatic carbocycles. The van der Waals surface area contributed by atoms with Crippen LogP contribution < -0.4 is 0 Å². The Morgan fingerprint density at radius 1 is 1.24 bits per heavy atom. The summed E-state index contributed by atoms with van der Waals surface area (Å²) in [5.41, 5.74) is 1.01. The highest BCUT2D eigenvalue weighted by atomic mass is 32.2. The SMILES string of the molecule is CCN1C(=O)C(=Cc2ccc(-c3ccccc3)o2)SC1=S. The third-order valence-corrected chi connectivity index (χ3v) is 4.53. The second-order valence-corrected chi connectivity index (χ2v) is 6.17. The summed E-state index contributed by atoms with van der Waals surface area (Å²) in [5, 5.41) is 0. The molecule has 1 aliphatic heterocycles. The first-order valence-corrected chi connectivity index (χ1v) is 7.82. The number of carbonyl (C=O) groups excluding carboxylic acids is 1. The number of nitrogens with zero attached hydrogens (tertiary/aromatic N) is 1. The summed E-state index contributed by atoms with van der Waals surface area (Å²) in [6.45, 7) is 2.50. The lowest BCUT2D eigenvalue weighted by atomic mass is 10.2. The van der Waals surface area contributed by atoms with Gasteiger partial charge in [-0.2, -0.15) is 0 Å². The molecule has 1 amide bonds. The van der Waals surface area contributed by atoms with E-state index in [1.165, 1.54) is 11.8 Å². The summed E-state index contributed by atoms with van der Waals surface area (Å²) in [6, 6.07) is 13.6. The van der Waals surface area contributed by atoms with Crippen molar-refractivity contribution in [3.63, 3.8) is 0 Å². The standard InChI is InChI=1S/C16H13NO2S2/c1-2-17-15(18)14(21-16(17)20)10-12-8-9-13(19-12)11-6-4-3-5-7-11/h3-10H,2H2,1H3. The molecular formula is C16H13NO2S2. The second kappa shape index (κ2) is 5.87. The molecule has 1 fully saturated rings. The lowest BCUT2D eigenvalue weighted by molar-refractivity contribution is -0.121. The van der Waals surface area contributed by atoms with Gasteiger partial charge in [0, 0.05) is 18.2 Å². The first-order valence-electron chi connectivity index (χ1n) is 6.59. The number of benzene rings is 1. The molecular weight excluding hydrogens is 302 g/mol. The molecule has 0 radical (unpaired) electrons. The van der Waals surface area contributed by atoms with E-state index in [4.69, 9.17) is 16.6 Å². The van der Waals surface area contributed by atoms with Gasteiger partial charge in [0.1, 0.15) is 15.8 Å². The number of likely N-dealkylation sites (N-methyl/N-ethyl adjacent to an activating group) is 1. The lowest BCUT2D eigenvalue weighted by Crippen LogP contribution is -2.27. The summed E-state index contributed by atoms with van der Waals surface area (Å²) >= 11 is 6.50. The zero-order chi connectivity index (χ0) is 14.8. The molecule has 2 aromatic rings. The van der Waals surface area contributed by atoms with Crippen molar-refractivity contribution in [2.24, 2.45) is 0 Å². The molecule has 1 aromatic heterocycles. The average molecular weight is 315 g/mol. The number of rotatable bonds is 3. The number of furan rings is 1. The Morgan fingerprint density at radius 3 is 2.67 bits per heavy atom. The molecule has 1 aromatic carbocycles. The molecule has 0 bridgehead atoms. The van der Waals surface area contributed by atoms with Crippen LogP contribution in [0.1, 0.15) is 12.7 Å². The van der Waals surface area contributed by atoms with Gasteiger partial charge < -0.3 is 4.42 Å². The van der Waals surface area contributed by atoms with Gasteiger partial charge >= 0.3 is 0 Å². The molecule has 2 heterocycles. The third-order valence-electron chi connectivity index (χ3n) is 3.15. The third kappa shape index (κ3) is 2.80. The molecule has 1 saturated heterocycles. The molecule has 0 saturated carbocycles. The van der Waals surface area contributed by atoms with E-state index in [-0.39, 0.29) is 5.91 Å². The van der Waals surface area contributed by atoms with Crippen LogP contribution in [-0.2, 0) is 4.79 Å². The summed E-state index contributed by atoms with van der Waals surface area (Å²) in [6.07, 6.45) is 1.75. The Bertz CT molecular complexity index is 719. The van der Waals surface area contributed by atoms with Crippen LogP contribution in [-0.4, -0.2) is 21.7 Å². The highest BCUT2D eigenvalue weighted by Crippen LogP contribution is 2.33. The van der Waals surface area contributed by atoms with Gasteiger partial charge in [-0.25, -0.2) is 0 Å². The zero-order valence-electron chi connectivity index (χ0n) is 11.4. The van der Waals surface area contributed by atoms with Crippen LogP contribution >= 0.6 is 24.0 Å². The van der Waals surface area contributed by atoms with Gasteiger partial charge in [-0.15, -0.1) is 0 Å². The fourth-order valence-corrected chi connectivity index (χ4v) is 3.45. The Balaban J connectivity index is 1.87. The van der Waals surface area contributed by atoms with Gasteiger partial charge in [-0.1, -0.05) is 54.3 Å². The zero-order valence-corrected chi connectivity index (χ0v) is 13.0. The summed E-state index contributed by atoms with van der Waals surface area (Å²) in [7, 11) is 0. The molecule has 106 valence electrons. The highest BCUT2D eigenvalue weighted by molar-refractivity contribution is 8.26. The maximum Gasteiger partial charge on any atom is 0.266 e. The predicted molar refractivity (Wildman–Crippen MR) is 89.7 cm³/mol. The van der Waals surface area contributed by atoms with Crippen LogP contribution in [0.2, 0.25) is 0 Å². The maximum atomic E-state index is 12.1. The van der Waals surface area contributed by atoms with Gasteiger partial charge in [-0.05, 0) is 19.1 Å². The average Bonchev–Trinajstić information content (AvgIpc) is 3.06. The van der Waals surface area contributed by atoms with Gasteiger partial charge in [0.25, 0.3) is 5.91 Å². The minimum atomic E-state index is -0.0508. The number of hydrogen-bond acceptors (Lipinski definition) is 4. The predicted octanol–water partition coefficient (Wildman–Crippen LogP) is 4.17. The lowest BCUT2D eigenvalue weighted by Gasteiger charge is -2.09. The van der Waals surface area contributed by atoms with E-state index in [2.05, 4.69) is 0 Å². The van der Waals surface area contributed by atoms with Crippen molar-refractivity contribution in [3.05, 3.63) is 53.1 Å². The Morgan fingerprint density at radius 2 is 2.00 bits per heavy atom. The van der Waals surface area contributed by atoms with Gasteiger partial charge in [-0.3, -0.25) is 9.69 Å². The number of amides is 1. The van der Waals surface area contributed by atoms with Gasteiger partial charge in [0.2, 0.25) is 0 Å². The quantitative estimate of drug-likeness (QED) is 0.629. The molecule has 3 nitrogen and oxygen atoms in total. The molecule has 5 heteroatoms. The van der Waals surface area contributed by atoms with E-state index in [1.54, 1.807) is 11.0 Å². The van der Waals surface area contributed by atoms with Crippen molar-refractivity contribution in [1.29, 1.82) is 0 Å². The largest absolute Gasteiger partial charge is 0.457 e. The first kappa shape index (κ1) is 14.1. The summed E-state index contributed by atoms with van der Waals surface area (Å²) in [4.78, 5) is 14.3. The van der Waals surface area contributed by atoms with Crippen molar-refractivity contribution >= 4 is 40.3 Å². The van der Waals surface area contributed by atoms with Crippen molar-refractivity contribution in [2.75, 3.05) is 6.54 Å². The smallest absolute Gasteiger partial charge is 0.266 e. The van der Waals surface area contributed by atoms with Crippen LogP contribution in [0.4, 0.5) is 0 Å². The Labute approximate surface area is 132 Å². The number of carbonyl (C=O) groups is 1. The van der Waals surface area contributed by atoms with E-state index in [0.717, 1.165) is 11.3 Å². The van der Waals surface area contributed by atoms with Crippen molar-refractivity contribution < 1.29 is 9.21 Å². The molecule has 0 spiro atoms. The molecule has 21 heavy (non-hydrogen) atoms. The van der Waals surface area contributed by atoms with E-state index < -0.39 is 0 Å². The maximum absolute atomic E-state index is 12.1.